The van der Waals surface area contributed by atoms with Crippen molar-refractivity contribution >= 4 is 17.3 Å². The summed E-state index contributed by atoms with van der Waals surface area (Å²) in [6, 6.07) is 15.5. The zero-order valence-electron chi connectivity index (χ0n) is 15.7. The summed E-state index contributed by atoms with van der Waals surface area (Å²) in [4.78, 5) is 0. The Labute approximate surface area is 172 Å². The van der Waals surface area contributed by atoms with Crippen LogP contribution in [0.2, 0.25) is 5.02 Å². The van der Waals surface area contributed by atoms with E-state index in [9.17, 15) is 4.39 Å². The second kappa shape index (κ2) is 8.49. The van der Waals surface area contributed by atoms with Crippen molar-refractivity contribution in [2.75, 3.05) is 19.2 Å². The van der Waals surface area contributed by atoms with Gasteiger partial charge in [-0.15, -0.1) is 0 Å². The van der Waals surface area contributed by atoms with Gasteiger partial charge in [-0.1, -0.05) is 23.7 Å². The number of rotatable bonds is 7. The Morgan fingerprint density at radius 3 is 2.59 bits per heavy atom. The Morgan fingerprint density at radius 1 is 1.00 bits per heavy atom. The van der Waals surface area contributed by atoms with Crippen molar-refractivity contribution in [1.82, 2.24) is 0 Å². The number of benzene rings is 3. The van der Waals surface area contributed by atoms with Gasteiger partial charge in [0.25, 0.3) is 0 Å². The van der Waals surface area contributed by atoms with Crippen LogP contribution >= 0.6 is 11.6 Å². The third kappa shape index (κ3) is 4.49. The maximum Gasteiger partial charge on any atom is 0.231 e. The predicted molar refractivity (Wildman–Crippen MR) is 109 cm³/mol. The summed E-state index contributed by atoms with van der Waals surface area (Å²) in [5, 5.41) is 3.76. The number of hydrogen-bond acceptors (Lipinski definition) is 5. The van der Waals surface area contributed by atoms with Crippen molar-refractivity contribution < 1.29 is 23.3 Å². The van der Waals surface area contributed by atoms with Crippen molar-refractivity contribution in [3.63, 3.8) is 0 Å². The summed E-state index contributed by atoms with van der Waals surface area (Å²) >= 11 is 6.43. The lowest BCUT2D eigenvalue weighted by Gasteiger charge is -2.15. The second-order valence-corrected chi connectivity index (χ2v) is 6.85. The van der Waals surface area contributed by atoms with E-state index in [0.717, 1.165) is 28.3 Å². The summed E-state index contributed by atoms with van der Waals surface area (Å²) in [5.41, 5.74) is 2.66. The van der Waals surface area contributed by atoms with Crippen LogP contribution in [0.25, 0.3) is 0 Å². The highest BCUT2D eigenvalue weighted by atomic mass is 35.5. The van der Waals surface area contributed by atoms with E-state index in [2.05, 4.69) is 5.32 Å². The summed E-state index contributed by atoms with van der Waals surface area (Å²) in [6.07, 6.45) is 0. The van der Waals surface area contributed by atoms with Crippen LogP contribution in [0.15, 0.2) is 54.6 Å². The molecule has 1 N–H and O–H groups in total. The molecule has 0 aliphatic carbocycles. The number of ether oxygens (including phenoxy) is 4. The van der Waals surface area contributed by atoms with Crippen LogP contribution in [0.3, 0.4) is 0 Å². The van der Waals surface area contributed by atoms with Gasteiger partial charge in [0, 0.05) is 18.3 Å². The minimum atomic E-state index is -0.288. The van der Waals surface area contributed by atoms with Crippen molar-refractivity contribution in [1.29, 1.82) is 0 Å². The Kier molecular flexibility index (Phi) is 5.62. The van der Waals surface area contributed by atoms with Crippen molar-refractivity contribution in [2.45, 2.75) is 13.2 Å². The number of fused-ring (bicyclic) bond motifs is 1. The molecule has 0 atom stereocenters. The standard InChI is InChI=1S/C22H19ClFNO4/c1-26-21-9-15(11-25-17-6-7-19-20(10-17)29-13-28-19)8-18(23)22(21)27-12-14-2-4-16(24)5-3-14/h2-10,25H,11-13H2,1H3. The van der Waals surface area contributed by atoms with Gasteiger partial charge in [-0.25, -0.2) is 4.39 Å². The molecule has 1 aliphatic rings. The molecule has 0 radical (unpaired) electrons. The molecule has 1 aliphatic heterocycles. The zero-order valence-corrected chi connectivity index (χ0v) is 16.5. The van der Waals surface area contributed by atoms with Crippen LogP contribution in [-0.4, -0.2) is 13.9 Å². The fourth-order valence-corrected chi connectivity index (χ4v) is 3.25. The molecule has 150 valence electrons. The summed E-state index contributed by atoms with van der Waals surface area (Å²) in [6.45, 7) is 1.03. The van der Waals surface area contributed by atoms with Crippen LogP contribution in [-0.2, 0) is 13.2 Å². The van der Waals surface area contributed by atoms with Crippen LogP contribution < -0.4 is 24.3 Å². The fourth-order valence-electron chi connectivity index (χ4n) is 2.96. The highest BCUT2D eigenvalue weighted by Crippen LogP contribution is 2.38. The molecule has 3 aromatic rings. The Bertz CT molecular complexity index is 1010. The molecule has 29 heavy (non-hydrogen) atoms. The summed E-state index contributed by atoms with van der Waals surface area (Å²) in [7, 11) is 1.56. The fraction of sp³-hybridized carbons (Fsp3) is 0.182. The average molecular weight is 416 g/mol. The molecule has 0 unspecified atom stereocenters. The molecule has 4 rings (SSSR count). The third-order valence-electron chi connectivity index (χ3n) is 4.45. The van der Waals surface area contributed by atoms with Crippen LogP contribution in [0.1, 0.15) is 11.1 Å². The van der Waals surface area contributed by atoms with Crippen LogP contribution in [0.5, 0.6) is 23.0 Å². The van der Waals surface area contributed by atoms with Gasteiger partial charge in [0.2, 0.25) is 6.79 Å². The molecular weight excluding hydrogens is 397 g/mol. The van der Waals surface area contributed by atoms with Gasteiger partial charge >= 0.3 is 0 Å². The third-order valence-corrected chi connectivity index (χ3v) is 4.74. The summed E-state index contributed by atoms with van der Waals surface area (Å²) < 4.78 is 35.0. The van der Waals surface area contributed by atoms with E-state index in [1.807, 2.05) is 30.3 Å². The van der Waals surface area contributed by atoms with E-state index in [4.69, 9.17) is 30.5 Å². The Morgan fingerprint density at radius 2 is 1.79 bits per heavy atom. The highest BCUT2D eigenvalue weighted by Gasteiger charge is 2.15. The van der Waals surface area contributed by atoms with E-state index in [1.165, 1.54) is 12.1 Å². The van der Waals surface area contributed by atoms with Gasteiger partial charge in [-0.3, -0.25) is 0 Å². The Hall–Kier alpha value is -3.12. The van der Waals surface area contributed by atoms with Gasteiger partial charge in [-0.05, 0) is 47.5 Å². The molecule has 0 amide bonds. The van der Waals surface area contributed by atoms with Gasteiger partial charge in [0.05, 0.1) is 12.1 Å². The Balaban J connectivity index is 1.44. The van der Waals surface area contributed by atoms with Crippen molar-refractivity contribution in [2.24, 2.45) is 0 Å². The molecule has 0 aromatic heterocycles. The van der Waals surface area contributed by atoms with E-state index < -0.39 is 0 Å². The SMILES string of the molecule is COc1cc(CNc2ccc3c(c2)OCO3)cc(Cl)c1OCc1ccc(F)cc1. The van der Waals surface area contributed by atoms with Crippen LogP contribution in [0, 0.1) is 5.82 Å². The average Bonchev–Trinajstić information content (AvgIpc) is 3.20. The topological polar surface area (TPSA) is 49.0 Å². The van der Waals surface area contributed by atoms with Gasteiger partial charge in [0.1, 0.15) is 12.4 Å². The maximum atomic E-state index is 13.0. The molecular formula is C22H19ClFNO4. The molecule has 1 heterocycles. The number of methoxy groups -OCH3 is 1. The number of halogens is 2. The lowest BCUT2D eigenvalue weighted by molar-refractivity contribution is 0.174. The molecule has 3 aromatic carbocycles. The maximum absolute atomic E-state index is 13.0. The predicted octanol–water partition coefficient (Wildman–Crippen LogP) is 5.41. The minimum Gasteiger partial charge on any atom is -0.493 e. The number of nitrogens with one attached hydrogen (secondary N) is 1. The second-order valence-electron chi connectivity index (χ2n) is 6.45. The van der Waals surface area contributed by atoms with E-state index in [0.29, 0.717) is 23.1 Å². The molecule has 0 fully saturated rings. The van der Waals surface area contributed by atoms with E-state index >= 15 is 0 Å². The van der Waals surface area contributed by atoms with Crippen molar-refractivity contribution in [3.05, 3.63) is 76.6 Å². The first-order valence-corrected chi connectivity index (χ1v) is 9.37. The highest BCUT2D eigenvalue weighted by molar-refractivity contribution is 6.32. The van der Waals surface area contributed by atoms with Crippen molar-refractivity contribution in [3.8, 4) is 23.0 Å². The minimum absolute atomic E-state index is 0.241. The largest absolute Gasteiger partial charge is 0.493 e. The van der Waals surface area contributed by atoms with Gasteiger partial charge in [-0.2, -0.15) is 0 Å². The van der Waals surface area contributed by atoms with Gasteiger partial charge < -0.3 is 24.3 Å². The molecule has 7 heteroatoms. The lowest BCUT2D eigenvalue weighted by Crippen LogP contribution is -2.03. The number of hydrogen-bond donors (Lipinski definition) is 1. The molecule has 5 nitrogen and oxygen atoms in total. The zero-order chi connectivity index (χ0) is 20.2. The molecule has 0 spiro atoms. The number of anilines is 1. The normalized spacial score (nSPS) is 12.0. The smallest absolute Gasteiger partial charge is 0.231 e. The molecule has 0 saturated carbocycles. The molecule has 0 bridgehead atoms. The molecule has 0 saturated heterocycles. The first-order chi connectivity index (χ1) is 14.1. The van der Waals surface area contributed by atoms with E-state index in [1.54, 1.807) is 19.2 Å². The first kappa shape index (κ1) is 19.2. The van der Waals surface area contributed by atoms with Gasteiger partial charge in [0.15, 0.2) is 23.0 Å². The quantitative estimate of drug-likeness (QED) is 0.559. The monoisotopic (exact) mass is 415 g/mol. The lowest BCUT2D eigenvalue weighted by atomic mass is 10.2. The van der Waals surface area contributed by atoms with Crippen LogP contribution in [0.4, 0.5) is 10.1 Å². The summed E-state index contributed by atoms with van der Waals surface area (Å²) in [5.74, 6) is 2.15. The van der Waals surface area contributed by atoms with E-state index in [-0.39, 0.29) is 19.2 Å². The first-order valence-electron chi connectivity index (χ1n) is 8.99.